The van der Waals surface area contributed by atoms with Crippen LogP contribution in [0.2, 0.25) is 0 Å². The van der Waals surface area contributed by atoms with Crippen molar-refractivity contribution in [3.05, 3.63) is 217 Å². The predicted octanol–water partition coefficient (Wildman–Crippen LogP) is 14.2. The minimum absolute atomic E-state index is 0.569. The van der Waals surface area contributed by atoms with Crippen LogP contribution >= 0.6 is 11.3 Å². The molecule has 3 heteroatoms. The molecule has 0 unspecified atom stereocenters. The van der Waals surface area contributed by atoms with Crippen molar-refractivity contribution in [1.82, 2.24) is 0 Å². The zero-order valence-corrected chi connectivity index (χ0v) is 31.4. The lowest BCUT2D eigenvalue weighted by molar-refractivity contribution is 1.06. The molecule has 262 valence electrons. The minimum atomic E-state index is 0.569. The molecular formula is C52H38N2S. The Morgan fingerprint density at radius 2 is 0.964 bits per heavy atom. The molecule has 0 N–H and O–H groups in total. The van der Waals surface area contributed by atoms with Crippen LogP contribution in [0.5, 0.6) is 0 Å². The average Bonchev–Trinajstić information content (AvgIpc) is 3.64. The van der Waals surface area contributed by atoms with E-state index in [4.69, 9.17) is 9.98 Å². The number of hydrogen-bond donors (Lipinski definition) is 0. The van der Waals surface area contributed by atoms with Crippen LogP contribution in [-0.2, 0) is 6.54 Å². The fourth-order valence-electron chi connectivity index (χ4n) is 7.46. The second kappa shape index (κ2) is 15.4. The molecule has 9 aromatic rings. The molecule has 0 saturated carbocycles. The highest BCUT2D eigenvalue weighted by atomic mass is 32.1. The maximum absolute atomic E-state index is 5.23. The molecule has 0 fully saturated rings. The number of thiophene rings is 1. The molecule has 1 aromatic heterocycles. The molecule has 0 amide bonds. The smallest absolute Gasteiger partial charge is 0.155 e. The van der Waals surface area contributed by atoms with Crippen molar-refractivity contribution in [2.24, 2.45) is 9.98 Å². The number of aliphatic imine (C=N–C) groups is 2. The monoisotopic (exact) mass is 722 g/mol. The van der Waals surface area contributed by atoms with Crippen LogP contribution in [0.4, 0.5) is 0 Å². The molecule has 1 heterocycles. The predicted molar refractivity (Wildman–Crippen MR) is 236 cm³/mol. The van der Waals surface area contributed by atoms with Crippen LogP contribution in [0.1, 0.15) is 23.6 Å². The third-order valence-corrected chi connectivity index (χ3v) is 11.3. The summed E-state index contributed by atoms with van der Waals surface area (Å²) in [4.78, 5) is 10.3. The molecule has 0 radical (unpaired) electrons. The van der Waals surface area contributed by atoms with Crippen molar-refractivity contribution in [1.29, 1.82) is 0 Å². The Kier molecular flexibility index (Phi) is 9.52. The maximum Gasteiger partial charge on any atom is 0.155 e. The number of fused-ring (bicyclic) bond motifs is 3. The van der Waals surface area contributed by atoms with Crippen LogP contribution in [0, 0.1) is 0 Å². The molecule has 2 nitrogen and oxygen atoms in total. The van der Waals surface area contributed by atoms with E-state index in [1.807, 2.05) is 35.6 Å². The van der Waals surface area contributed by atoms with E-state index in [0.29, 0.717) is 6.54 Å². The lowest BCUT2D eigenvalue weighted by Gasteiger charge is -2.13. The van der Waals surface area contributed by atoms with Gasteiger partial charge in [0.2, 0.25) is 0 Å². The average molecular weight is 723 g/mol. The van der Waals surface area contributed by atoms with Gasteiger partial charge < -0.3 is 0 Å². The van der Waals surface area contributed by atoms with E-state index in [1.165, 1.54) is 64.7 Å². The molecular weight excluding hydrogens is 685 g/mol. The number of nitrogens with zero attached hydrogens (tertiary/aromatic N) is 2. The first-order valence-electron chi connectivity index (χ1n) is 18.7. The van der Waals surface area contributed by atoms with E-state index in [0.717, 1.165) is 28.2 Å². The van der Waals surface area contributed by atoms with E-state index in [9.17, 15) is 0 Å². The van der Waals surface area contributed by atoms with Crippen LogP contribution in [0.3, 0.4) is 0 Å². The number of benzene rings is 8. The first kappa shape index (κ1) is 34.1. The van der Waals surface area contributed by atoms with E-state index >= 15 is 0 Å². The van der Waals surface area contributed by atoms with Gasteiger partial charge in [-0.15, -0.1) is 11.3 Å². The largest absolute Gasteiger partial charge is 0.261 e. The normalized spacial score (nSPS) is 12.0. The van der Waals surface area contributed by atoms with Crippen molar-refractivity contribution in [2.75, 3.05) is 0 Å². The number of hydrogen-bond acceptors (Lipinski definition) is 2. The SMILES string of the molecule is CC(=NC(=NCc1ccccc1)c1ccccc1)c1cccc2sc3ccc(-c4ccccc4-c4ccc(-c5ccccc5-c5ccccc5)cc4)cc3c12. The minimum Gasteiger partial charge on any atom is -0.261 e. The van der Waals surface area contributed by atoms with Crippen LogP contribution in [-0.4, -0.2) is 11.5 Å². The zero-order valence-electron chi connectivity index (χ0n) is 30.6. The van der Waals surface area contributed by atoms with Crippen LogP contribution in [0.15, 0.2) is 210 Å². The van der Waals surface area contributed by atoms with Gasteiger partial charge in [0.05, 0.1) is 6.54 Å². The number of amidine groups is 1. The van der Waals surface area contributed by atoms with Crippen LogP contribution < -0.4 is 0 Å². The van der Waals surface area contributed by atoms with Gasteiger partial charge in [0.25, 0.3) is 0 Å². The summed E-state index contributed by atoms with van der Waals surface area (Å²) in [6.07, 6.45) is 0. The zero-order chi connectivity index (χ0) is 37.0. The first-order chi connectivity index (χ1) is 27.2. The van der Waals surface area contributed by atoms with E-state index in [2.05, 4.69) is 183 Å². The van der Waals surface area contributed by atoms with Gasteiger partial charge in [-0.2, -0.15) is 0 Å². The molecule has 0 spiro atoms. The second-order valence-electron chi connectivity index (χ2n) is 13.7. The van der Waals surface area contributed by atoms with Gasteiger partial charge in [-0.25, -0.2) is 4.99 Å². The van der Waals surface area contributed by atoms with Crippen LogP contribution in [0.25, 0.3) is 64.7 Å². The Labute approximate surface area is 326 Å². The Bertz CT molecular complexity index is 2820. The third kappa shape index (κ3) is 7.06. The lowest BCUT2D eigenvalue weighted by atomic mass is 9.91. The summed E-state index contributed by atoms with van der Waals surface area (Å²) in [7, 11) is 0. The van der Waals surface area contributed by atoms with Gasteiger partial charge in [0.1, 0.15) is 0 Å². The second-order valence-corrected chi connectivity index (χ2v) is 14.8. The highest BCUT2D eigenvalue weighted by molar-refractivity contribution is 7.25. The summed E-state index contributed by atoms with van der Waals surface area (Å²) < 4.78 is 2.51. The van der Waals surface area contributed by atoms with E-state index in [-0.39, 0.29) is 0 Å². The quantitative estimate of drug-likeness (QED) is 0.110. The Balaban J connectivity index is 1.09. The number of rotatable bonds is 8. The summed E-state index contributed by atoms with van der Waals surface area (Å²) in [6, 6.07) is 71.2. The molecule has 0 aliphatic rings. The lowest BCUT2D eigenvalue weighted by Crippen LogP contribution is -2.05. The van der Waals surface area contributed by atoms with Gasteiger partial charge in [-0.05, 0) is 75.2 Å². The summed E-state index contributed by atoms with van der Waals surface area (Å²) in [5.41, 5.74) is 14.0. The Morgan fingerprint density at radius 3 is 1.58 bits per heavy atom. The van der Waals surface area contributed by atoms with Crippen molar-refractivity contribution >= 4 is 43.1 Å². The summed E-state index contributed by atoms with van der Waals surface area (Å²) in [6.45, 7) is 2.68. The molecule has 55 heavy (non-hydrogen) atoms. The third-order valence-electron chi connectivity index (χ3n) is 10.2. The first-order valence-corrected chi connectivity index (χ1v) is 19.5. The van der Waals surface area contributed by atoms with E-state index in [1.54, 1.807) is 0 Å². The maximum atomic E-state index is 5.23. The van der Waals surface area contributed by atoms with Gasteiger partial charge in [-0.3, -0.25) is 4.99 Å². The summed E-state index contributed by atoms with van der Waals surface area (Å²) in [5.74, 6) is 0.739. The molecule has 8 aromatic carbocycles. The molecule has 0 atom stereocenters. The summed E-state index contributed by atoms with van der Waals surface area (Å²) in [5, 5.41) is 2.48. The highest BCUT2D eigenvalue weighted by Gasteiger charge is 2.16. The van der Waals surface area contributed by atoms with Crippen molar-refractivity contribution in [2.45, 2.75) is 13.5 Å². The van der Waals surface area contributed by atoms with Crippen molar-refractivity contribution in [3.63, 3.8) is 0 Å². The molecule has 0 aliphatic carbocycles. The Hall–Kier alpha value is -6.68. The van der Waals surface area contributed by atoms with Gasteiger partial charge in [-0.1, -0.05) is 182 Å². The van der Waals surface area contributed by atoms with Crippen molar-refractivity contribution in [3.8, 4) is 44.5 Å². The van der Waals surface area contributed by atoms with Gasteiger partial charge in [0, 0.05) is 37.0 Å². The Morgan fingerprint density at radius 1 is 0.455 bits per heavy atom. The highest BCUT2D eigenvalue weighted by Crippen LogP contribution is 2.41. The fraction of sp³-hybridized carbons (Fsp3) is 0.0385. The topological polar surface area (TPSA) is 24.7 Å². The van der Waals surface area contributed by atoms with Crippen molar-refractivity contribution < 1.29 is 0 Å². The van der Waals surface area contributed by atoms with Gasteiger partial charge in [0.15, 0.2) is 5.84 Å². The van der Waals surface area contributed by atoms with E-state index < -0.39 is 0 Å². The molecule has 0 saturated heterocycles. The summed E-state index contributed by atoms with van der Waals surface area (Å²) >= 11 is 1.83. The van der Waals surface area contributed by atoms with Gasteiger partial charge >= 0.3 is 0 Å². The molecule has 0 bridgehead atoms. The standard InChI is InChI=1S/C52H38N2S/c1-36(54-52(41-20-9-4-10-21-41)53-35-37-16-5-2-6-17-37)43-26-15-27-50-51(43)48-34-42(32-33-49(48)55-50)47-25-14-13-24-46(47)40-30-28-39(29-31-40)45-23-12-11-22-44(45)38-18-7-3-8-19-38/h2-34H,35H2,1H3. The fourth-order valence-corrected chi connectivity index (χ4v) is 8.58. The molecule has 9 rings (SSSR count). The molecule has 0 aliphatic heterocycles.